The lowest BCUT2D eigenvalue weighted by atomic mass is 10.1. The molecule has 3 atom stereocenters. The van der Waals surface area contributed by atoms with Crippen LogP contribution in [0, 0.1) is 11.7 Å². The highest BCUT2D eigenvalue weighted by molar-refractivity contribution is 5.51. The van der Waals surface area contributed by atoms with E-state index in [1.54, 1.807) is 6.07 Å². The monoisotopic (exact) mass is 279 g/mol. The molecule has 1 aromatic rings. The molecule has 0 saturated carbocycles. The molecule has 0 radical (unpaired) electrons. The van der Waals surface area contributed by atoms with Gasteiger partial charge in [0.25, 0.3) is 0 Å². The van der Waals surface area contributed by atoms with Crippen LogP contribution in [0.2, 0.25) is 0 Å². The van der Waals surface area contributed by atoms with Crippen LogP contribution in [0.1, 0.15) is 25.5 Å². The molecule has 2 rings (SSSR count). The SMILES string of the molecule is CNC(C)c1ccc(N2CC(C)C(N(C)C)C2)c(F)c1. The summed E-state index contributed by atoms with van der Waals surface area (Å²) in [6.45, 7) is 6.08. The summed E-state index contributed by atoms with van der Waals surface area (Å²) >= 11 is 0. The molecule has 1 saturated heterocycles. The summed E-state index contributed by atoms with van der Waals surface area (Å²) in [6, 6.07) is 6.26. The fourth-order valence-electron chi connectivity index (χ4n) is 3.03. The Morgan fingerprint density at radius 3 is 2.55 bits per heavy atom. The predicted molar refractivity (Wildman–Crippen MR) is 82.7 cm³/mol. The van der Waals surface area contributed by atoms with Crippen molar-refractivity contribution in [3.8, 4) is 0 Å². The molecule has 1 fully saturated rings. The highest BCUT2D eigenvalue weighted by atomic mass is 19.1. The summed E-state index contributed by atoms with van der Waals surface area (Å²) < 4.78 is 14.4. The van der Waals surface area contributed by atoms with Crippen LogP contribution in [-0.2, 0) is 0 Å². The van der Waals surface area contributed by atoms with Gasteiger partial charge in [-0.3, -0.25) is 0 Å². The van der Waals surface area contributed by atoms with Crippen molar-refractivity contribution in [3.05, 3.63) is 29.6 Å². The van der Waals surface area contributed by atoms with Crippen LogP contribution in [0.15, 0.2) is 18.2 Å². The average Bonchev–Trinajstić information content (AvgIpc) is 2.79. The van der Waals surface area contributed by atoms with Gasteiger partial charge in [0.15, 0.2) is 0 Å². The first kappa shape index (κ1) is 15.3. The van der Waals surface area contributed by atoms with Crippen LogP contribution in [0.5, 0.6) is 0 Å². The van der Waals surface area contributed by atoms with Crippen molar-refractivity contribution in [1.82, 2.24) is 10.2 Å². The number of benzene rings is 1. The number of rotatable bonds is 4. The highest BCUT2D eigenvalue weighted by Gasteiger charge is 2.32. The molecule has 0 amide bonds. The fourth-order valence-corrected chi connectivity index (χ4v) is 3.03. The van der Waals surface area contributed by atoms with Gasteiger partial charge >= 0.3 is 0 Å². The zero-order valence-corrected chi connectivity index (χ0v) is 13.2. The number of nitrogens with zero attached hydrogens (tertiary/aromatic N) is 2. The van der Waals surface area contributed by atoms with Gasteiger partial charge in [0.05, 0.1) is 5.69 Å². The molecule has 3 unspecified atom stereocenters. The average molecular weight is 279 g/mol. The standard InChI is InChI=1S/C16H26FN3/c1-11-9-20(10-16(11)19(4)5)15-7-6-13(8-14(15)17)12(2)18-3/h6-8,11-12,16,18H,9-10H2,1-5H3. The first-order valence-electron chi connectivity index (χ1n) is 7.32. The molecule has 3 nitrogen and oxygen atoms in total. The van der Waals surface area contributed by atoms with Gasteiger partial charge in [0, 0.05) is 25.2 Å². The van der Waals surface area contributed by atoms with Gasteiger partial charge in [-0.1, -0.05) is 13.0 Å². The van der Waals surface area contributed by atoms with Crippen LogP contribution in [0.3, 0.4) is 0 Å². The smallest absolute Gasteiger partial charge is 0.146 e. The first-order valence-corrected chi connectivity index (χ1v) is 7.32. The van der Waals surface area contributed by atoms with Crippen molar-refractivity contribution in [3.63, 3.8) is 0 Å². The number of anilines is 1. The summed E-state index contributed by atoms with van der Waals surface area (Å²) in [4.78, 5) is 4.40. The molecule has 4 heteroatoms. The molecule has 0 spiro atoms. The number of hydrogen-bond donors (Lipinski definition) is 1. The molecule has 20 heavy (non-hydrogen) atoms. The van der Waals surface area contributed by atoms with E-state index >= 15 is 0 Å². The molecule has 1 heterocycles. The number of hydrogen-bond acceptors (Lipinski definition) is 3. The molecular formula is C16H26FN3. The van der Waals surface area contributed by atoms with Gasteiger partial charge in [0.1, 0.15) is 5.82 Å². The molecule has 1 N–H and O–H groups in total. The highest BCUT2D eigenvalue weighted by Crippen LogP contribution is 2.29. The van der Waals surface area contributed by atoms with Crippen molar-refractivity contribution in [2.75, 3.05) is 39.1 Å². The van der Waals surface area contributed by atoms with E-state index in [2.05, 4.69) is 36.1 Å². The molecule has 1 aromatic carbocycles. The minimum Gasteiger partial charge on any atom is -0.367 e. The van der Waals surface area contributed by atoms with Crippen molar-refractivity contribution in [2.24, 2.45) is 5.92 Å². The molecule has 1 aliphatic rings. The molecule has 1 aliphatic heterocycles. The molecule has 112 valence electrons. The van der Waals surface area contributed by atoms with Gasteiger partial charge in [0.2, 0.25) is 0 Å². The minimum atomic E-state index is -0.115. The fraction of sp³-hybridized carbons (Fsp3) is 0.625. The third kappa shape index (κ3) is 2.96. The van der Waals surface area contributed by atoms with Crippen molar-refractivity contribution in [2.45, 2.75) is 25.9 Å². The second-order valence-electron chi connectivity index (χ2n) is 6.13. The van der Waals surface area contributed by atoms with Gasteiger partial charge in [-0.25, -0.2) is 4.39 Å². The third-order valence-electron chi connectivity index (χ3n) is 4.48. The largest absolute Gasteiger partial charge is 0.367 e. The summed E-state index contributed by atoms with van der Waals surface area (Å²) in [6.07, 6.45) is 0. The van der Waals surface area contributed by atoms with E-state index in [0.29, 0.717) is 12.0 Å². The first-order chi connectivity index (χ1) is 9.43. The Kier molecular flexibility index (Phi) is 4.66. The zero-order valence-electron chi connectivity index (χ0n) is 13.2. The van der Waals surface area contributed by atoms with Crippen LogP contribution in [0.25, 0.3) is 0 Å². The Morgan fingerprint density at radius 2 is 2.05 bits per heavy atom. The normalized spacial score (nSPS) is 24.4. The predicted octanol–water partition coefficient (Wildman–Crippen LogP) is 2.49. The van der Waals surface area contributed by atoms with E-state index in [4.69, 9.17) is 0 Å². The maximum absolute atomic E-state index is 14.4. The molecule has 0 aromatic heterocycles. The lowest BCUT2D eigenvalue weighted by Crippen LogP contribution is -2.34. The van der Waals surface area contributed by atoms with Gasteiger partial charge in [-0.15, -0.1) is 0 Å². The zero-order chi connectivity index (χ0) is 14.9. The molecular weight excluding hydrogens is 253 g/mol. The second-order valence-corrected chi connectivity index (χ2v) is 6.13. The van der Waals surface area contributed by atoms with Gasteiger partial charge in [-0.05, 0) is 51.7 Å². The Labute approximate surface area is 121 Å². The lowest BCUT2D eigenvalue weighted by Gasteiger charge is -2.23. The van der Waals surface area contributed by atoms with Crippen molar-refractivity contribution >= 4 is 5.69 Å². The van der Waals surface area contributed by atoms with E-state index < -0.39 is 0 Å². The Balaban J connectivity index is 2.18. The Morgan fingerprint density at radius 1 is 1.35 bits per heavy atom. The van der Waals surface area contributed by atoms with Crippen molar-refractivity contribution in [1.29, 1.82) is 0 Å². The number of halogens is 1. The maximum Gasteiger partial charge on any atom is 0.146 e. The van der Waals surface area contributed by atoms with Crippen LogP contribution in [0.4, 0.5) is 10.1 Å². The van der Waals surface area contributed by atoms with E-state index in [9.17, 15) is 4.39 Å². The Bertz CT molecular complexity index is 461. The minimum absolute atomic E-state index is 0.115. The van der Waals surface area contributed by atoms with Crippen LogP contribution in [-0.4, -0.2) is 45.2 Å². The summed E-state index contributed by atoms with van der Waals surface area (Å²) in [5, 5.41) is 3.14. The Hall–Kier alpha value is -1.13. The van der Waals surface area contributed by atoms with Crippen LogP contribution < -0.4 is 10.2 Å². The topological polar surface area (TPSA) is 18.5 Å². The summed E-state index contributed by atoms with van der Waals surface area (Å²) in [5.74, 6) is 0.441. The van der Waals surface area contributed by atoms with E-state index in [1.165, 1.54) is 0 Å². The number of likely N-dealkylation sites (N-methyl/N-ethyl adjacent to an activating group) is 1. The van der Waals surface area contributed by atoms with E-state index in [-0.39, 0.29) is 11.9 Å². The van der Waals surface area contributed by atoms with Crippen molar-refractivity contribution < 1.29 is 4.39 Å². The quantitative estimate of drug-likeness (QED) is 0.913. The van der Waals surface area contributed by atoms with Gasteiger partial charge < -0.3 is 15.1 Å². The second kappa shape index (κ2) is 6.10. The summed E-state index contributed by atoms with van der Waals surface area (Å²) in [7, 11) is 6.08. The number of nitrogens with one attached hydrogen (secondary N) is 1. The summed E-state index contributed by atoms with van der Waals surface area (Å²) in [5.41, 5.74) is 1.72. The lowest BCUT2D eigenvalue weighted by molar-refractivity contribution is 0.266. The molecule has 0 bridgehead atoms. The van der Waals surface area contributed by atoms with Gasteiger partial charge in [-0.2, -0.15) is 0 Å². The molecule has 0 aliphatic carbocycles. The maximum atomic E-state index is 14.4. The van der Waals surface area contributed by atoms with Crippen LogP contribution >= 0.6 is 0 Å². The van der Waals surface area contributed by atoms with E-state index in [1.807, 2.05) is 26.1 Å². The third-order valence-corrected chi connectivity index (χ3v) is 4.48. The van der Waals surface area contributed by atoms with E-state index in [0.717, 1.165) is 24.3 Å².